The maximum atomic E-state index is 12.4. The van der Waals surface area contributed by atoms with Crippen LogP contribution in [0.25, 0.3) is 0 Å². The first-order valence-electron chi connectivity index (χ1n) is 6.22. The minimum Gasteiger partial charge on any atom is -0.332 e. The van der Waals surface area contributed by atoms with Crippen LogP contribution in [0.2, 0.25) is 0 Å². The van der Waals surface area contributed by atoms with Crippen LogP contribution in [-0.4, -0.2) is 26.9 Å². The second kappa shape index (κ2) is 5.05. The first-order chi connectivity index (χ1) is 9.28. The SMILES string of the molecule is O=C(c1ccc(CCl)cc1)N1CCn2ccnc2C1. The van der Waals surface area contributed by atoms with E-state index >= 15 is 0 Å². The van der Waals surface area contributed by atoms with E-state index in [4.69, 9.17) is 11.6 Å². The fraction of sp³-hybridized carbons (Fsp3) is 0.286. The summed E-state index contributed by atoms with van der Waals surface area (Å²) < 4.78 is 2.08. The van der Waals surface area contributed by atoms with Crippen molar-refractivity contribution in [2.24, 2.45) is 0 Å². The molecule has 2 heterocycles. The molecule has 19 heavy (non-hydrogen) atoms. The van der Waals surface area contributed by atoms with Gasteiger partial charge in [-0.25, -0.2) is 4.98 Å². The number of halogens is 1. The van der Waals surface area contributed by atoms with Crippen LogP contribution in [0.4, 0.5) is 0 Å². The molecule has 0 N–H and O–H groups in total. The molecule has 0 saturated heterocycles. The Kier molecular flexibility index (Phi) is 3.25. The number of rotatable bonds is 2. The Bertz CT molecular complexity index is 591. The van der Waals surface area contributed by atoms with E-state index in [1.807, 2.05) is 35.4 Å². The van der Waals surface area contributed by atoms with Crippen molar-refractivity contribution >= 4 is 17.5 Å². The molecule has 3 rings (SSSR count). The van der Waals surface area contributed by atoms with Crippen molar-refractivity contribution in [1.29, 1.82) is 0 Å². The van der Waals surface area contributed by atoms with E-state index < -0.39 is 0 Å². The van der Waals surface area contributed by atoms with Crippen LogP contribution in [0.3, 0.4) is 0 Å². The van der Waals surface area contributed by atoms with Gasteiger partial charge < -0.3 is 9.47 Å². The highest BCUT2D eigenvalue weighted by Gasteiger charge is 2.21. The summed E-state index contributed by atoms with van der Waals surface area (Å²) in [7, 11) is 0. The summed E-state index contributed by atoms with van der Waals surface area (Å²) in [6, 6.07) is 7.46. The molecule has 0 radical (unpaired) electrons. The van der Waals surface area contributed by atoms with Crippen LogP contribution in [0.1, 0.15) is 21.7 Å². The number of benzene rings is 1. The van der Waals surface area contributed by atoms with E-state index in [1.54, 1.807) is 6.20 Å². The van der Waals surface area contributed by atoms with E-state index in [0.29, 0.717) is 18.0 Å². The number of imidazole rings is 1. The number of carbonyl (C=O) groups is 1. The summed E-state index contributed by atoms with van der Waals surface area (Å²) in [5.41, 5.74) is 1.72. The van der Waals surface area contributed by atoms with Crippen LogP contribution in [0.5, 0.6) is 0 Å². The van der Waals surface area contributed by atoms with Crippen molar-refractivity contribution in [3.05, 3.63) is 53.6 Å². The van der Waals surface area contributed by atoms with Gasteiger partial charge in [-0.2, -0.15) is 0 Å². The van der Waals surface area contributed by atoms with E-state index in [9.17, 15) is 4.79 Å². The molecular formula is C14H14ClN3O. The average Bonchev–Trinajstić information content (AvgIpc) is 2.94. The van der Waals surface area contributed by atoms with Crippen molar-refractivity contribution in [2.45, 2.75) is 19.0 Å². The van der Waals surface area contributed by atoms with E-state index in [1.165, 1.54) is 0 Å². The molecule has 4 nitrogen and oxygen atoms in total. The summed E-state index contributed by atoms with van der Waals surface area (Å²) in [6.45, 7) is 2.10. The number of nitrogens with zero attached hydrogens (tertiary/aromatic N) is 3. The lowest BCUT2D eigenvalue weighted by Gasteiger charge is -2.27. The third-order valence-corrected chi connectivity index (χ3v) is 3.70. The predicted octanol–water partition coefficient (Wildman–Crippen LogP) is 2.28. The fourth-order valence-electron chi connectivity index (χ4n) is 2.27. The molecular weight excluding hydrogens is 262 g/mol. The molecule has 98 valence electrons. The molecule has 0 bridgehead atoms. The van der Waals surface area contributed by atoms with Crippen LogP contribution < -0.4 is 0 Å². The maximum absolute atomic E-state index is 12.4. The lowest BCUT2D eigenvalue weighted by Crippen LogP contribution is -2.38. The molecule has 1 aromatic heterocycles. The van der Waals surface area contributed by atoms with E-state index in [2.05, 4.69) is 9.55 Å². The number of fused-ring (bicyclic) bond motifs is 1. The number of hydrogen-bond donors (Lipinski definition) is 0. The molecule has 1 aliphatic rings. The van der Waals surface area contributed by atoms with E-state index in [0.717, 1.165) is 24.5 Å². The van der Waals surface area contributed by atoms with E-state index in [-0.39, 0.29) is 5.91 Å². The molecule has 0 aliphatic carbocycles. The number of aromatic nitrogens is 2. The van der Waals surface area contributed by atoms with Crippen molar-refractivity contribution in [1.82, 2.24) is 14.5 Å². The number of alkyl halides is 1. The molecule has 0 spiro atoms. The third kappa shape index (κ3) is 2.36. The first kappa shape index (κ1) is 12.2. The Morgan fingerprint density at radius 1 is 1.26 bits per heavy atom. The average molecular weight is 276 g/mol. The first-order valence-corrected chi connectivity index (χ1v) is 6.75. The lowest BCUT2D eigenvalue weighted by molar-refractivity contribution is 0.0707. The zero-order valence-electron chi connectivity index (χ0n) is 10.4. The van der Waals surface area contributed by atoms with Crippen LogP contribution >= 0.6 is 11.6 Å². The van der Waals surface area contributed by atoms with Gasteiger partial charge in [0.15, 0.2) is 0 Å². The normalized spacial score (nSPS) is 14.3. The molecule has 0 fully saturated rings. The van der Waals surface area contributed by atoms with Gasteiger partial charge in [0.05, 0.1) is 6.54 Å². The van der Waals surface area contributed by atoms with Gasteiger partial charge in [-0.1, -0.05) is 12.1 Å². The van der Waals surface area contributed by atoms with Crippen molar-refractivity contribution in [3.8, 4) is 0 Å². The highest BCUT2D eigenvalue weighted by atomic mass is 35.5. The monoisotopic (exact) mass is 275 g/mol. The summed E-state index contributed by atoms with van der Waals surface area (Å²) in [5.74, 6) is 1.46. The Hall–Kier alpha value is -1.81. The number of hydrogen-bond acceptors (Lipinski definition) is 2. The minimum atomic E-state index is 0.0513. The summed E-state index contributed by atoms with van der Waals surface area (Å²) >= 11 is 5.74. The summed E-state index contributed by atoms with van der Waals surface area (Å²) in [4.78, 5) is 18.5. The standard InChI is InChI=1S/C14H14ClN3O/c15-9-11-1-3-12(4-2-11)14(19)18-8-7-17-6-5-16-13(17)10-18/h1-6H,7-10H2. The van der Waals surface area contributed by atoms with Gasteiger partial charge in [0.25, 0.3) is 5.91 Å². The molecule has 0 unspecified atom stereocenters. The van der Waals surface area contributed by atoms with Crippen LogP contribution in [0.15, 0.2) is 36.7 Å². The molecule has 0 atom stereocenters. The van der Waals surface area contributed by atoms with Gasteiger partial charge in [-0.15, -0.1) is 11.6 Å². The second-order valence-electron chi connectivity index (χ2n) is 4.59. The van der Waals surface area contributed by atoms with Gasteiger partial charge >= 0.3 is 0 Å². The zero-order chi connectivity index (χ0) is 13.2. The summed E-state index contributed by atoms with van der Waals surface area (Å²) in [5, 5.41) is 0. The van der Waals surface area contributed by atoms with Crippen molar-refractivity contribution < 1.29 is 4.79 Å². The van der Waals surface area contributed by atoms with Gasteiger partial charge in [-0.05, 0) is 17.7 Å². The fourth-order valence-corrected chi connectivity index (χ4v) is 2.44. The topological polar surface area (TPSA) is 38.1 Å². The lowest BCUT2D eigenvalue weighted by atomic mass is 10.1. The quantitative estimate of drug-likeness (QED) is 0.789. The predicted molar refractivity (Wildman–Crippen MR) is 73.0 cm³/mol. The highest BCUT2D eigenvalue weighted by Crippen LogP contribution is 2.15. The Morgan fingerprint density at radius 3 is 2.79 bits per heavy atom. The zero-order valence-corrected chi connectivity index (χ0v) is 11.2. The van der Waals surface area contributed by atoms with Crippen molar-refractivity contribution in [2.75, 3.05) is 6.54 Å². The van der Waals surface area contributed by atoms with Gasteiger partial charge in [0.1, 0.15) is 5.82 Å². The smallest absolute Gasteiger partial charge is 0.254 e. The Morgan fingerprint density at radius 2 is 2.05 bits per heavy atom. The molecule has 0 saturated carbocycles. The molecule has 5 heteroatoms. The van der Waals surface area contributed by atoms with Crippen LogP contribution in [-0.2, 0) is 19.0 Å². The summed E-state index contributed by atoms with van der Waals surface area (Å²) in [6.07, 6.45) is 3.73. The Labute approximate surface area is 116 Å². The third-order valence-electron chi connectivity index (χ3n) is 3.39. The number of carbonyl (C=O) groups excluding carboxylic acids is 1. The number of amides is 1. The Balaban J connectivity index is 1.77. The molecule has 1 aliphatic heterocycles. The molecule has 1 amide bonds. The van der Waals surface area contributed by atoms with Gasteiger partial charge in [0.2, 0.25) is 0 Å². The minimum absolute atomic E-state index is 0.0513. The maximum Gasteiger partial charge on any atom is 0.254 e. The van der Waals surface area contributed by atoms with Gasteiger partial charge in [0, 0.05) is 36.9 Å². The second-order valence-corrected chi connectivity index (χ2v) is 4.86. The highest BCUT2D eigenvalue weighted by molar-refractivity contribution is 6.17. The van der Waals surface area contributed by atoms with Gasteiger partial charge in [-0.3, -0.25) is 4.79 Å². The van der Waals surface area contributed by atoms with Crippen molar-refractivity contribution in [3.63, 3.8) is 0 Å². The molecule has 1 aromatic carbocycles. The molecule has 2 aromatic rings. The van der Waals surface area contributed by atoms with Crippen LogP contribution in [0, 0.1) is 0 Å². The largest absolute Gasteiger partial charge is 0.332 e.